The van der Waals surface area contributed by atoms with Gasteiger partial charge in [0.1, 0.15) is 0 Å². The van der Waals surface area contributed by atoms with Crippen LogP contribution in [0.25, 0.3) is 0 Å². The fraction of sp³-hybridized carbons (Fsp3) is 0.438. The summed E-state index contributed by atoms with van der Waals surface area (Å²) < 4.78 is 1.86. The molecule has 2 rings (SSSR count). The van der Waals surface area contributed by atoms with Crippen molar-refractivity contribution in [1.29, 1.82) is 0 Å². The zero-order valence-corrected chi connectivity index (χ0v) is 11.8. The first-order valence-corrected chi connectivity index (χ1v) is 7.02. The lowest BCUT2D eigenvalue weighted by atomic mass is 10.0. The summed E-state index contributed by atoms with van der Waals surface area (Å²) in [5.41, 5.74) is 2.70. The normalized spacial score (nSPS) is 12.5. The largest absolute Gasteiger partial charge is 0.313 e. The molecule has 102 valence electrons. The highest BCUT2D eigenvalue weighted by atomic mass is 15.2. The average Bonchev–Trinajstić information content (AvgIpc) is 2.84. The zero-order valence-electron chi connectivity index (χ0n) is 11.8. The predicted octanol–water partition coefficient (Wildman–Crippen LogP) is 2.57. The van der Waals surface area contributed by atoms with E-state index < -0.39 is 0 Å². The fourth-order valence-electron chi connectivity index (χ4n) is 2.28. The van der Waals surface area contributed by atoms with E-state index in [1.54, 1.807) is 0 Å². The minimum atomic E-state index is 0.555. The van der Waals surface area contributed by atoms with E-state index in [-0.39, 0.29) is 0 Å². The van der Waals surface area contributed by atoms with E-state index in [9.17, 15) is 0 Å². The average molecular weight is 257 g/mol. The number of aryl methyl sites for hydroxylation is 1. The summed E-state index contributed by atoms with van der Waals surface area (Å²) in [4.78, 5) is 0. The molecule has 0 saturated carbocycles. The van der Waals surface area contributed by atoms with Gasteiger partial charge in [0.2, 0.25) is 0 Å². The van der Waals surface area contributed by atoms with Gasteiger partial charge in [0.25, 0.3) is 0 Å². The Morgan fingerprint density at radius 2 is 2.00 bits per heavy atom. The monoisotopic (exact) mass is 257 g/mol. The third-order valence-electron chi connectivity index (χ3n) is 3.42. The molecule has 0 saturated heterocycles. The van der Waals surface area contributed by atoms with E-state index in [1.165, 1.54) is 11.1 Å². The molecule has 19 heavy (non-hydrogen) atoms. The van der Waals surface area contributed by atoms with Crippen LogP contribution in [0.15, 0.2) is 42.7 Å². The summed E-state index contributed by atoms with van der Waals surface area (Å²) >= 11 is 0. The summed E-state index contributed by atoms with van der Waals surface area (Å²) in [5.74, 6) is 0. The molecule has 0 aliphatic rings. The van der Waals surface area contributed by atoms with Gasteiger partial charge in [0.05, 0.1) is 6.20 Å². The van der Waals surface area contributed by atoms with Crippen molar-refractivity contribution in [2.24, 2.45) is 7.05 Å². The minimum absolute atomic E-state index is 0.555. The lowest BCUT2D eigenvalue weighted by Gasteiger charge is -2.16. The molecule has 0 bridgehead atoms. The third-order valence-corrected chi connectivity index (χ3v) is 3.42. The molecule has 0 aliphatic heterocycles. The van der Waals surface area contributed by atoms with E-state index in [1.807, 2.05) is 17.9 Å². The Balaban J connectivity index is 1.76. The van der Waals surface area contributed by atoms with Crippen molar-refractivity contribution in [3.05, 3.63) is 53.9 Å². The Kier molecular flexibility index (Phi) is 5.16. The van der Waals surface area contributed by atoms with Crippen LogP contribution in [0.5, 0.6) is 0 Å². The maximum atomic E-state index is 4.19. The molecule has 1 unspecified atom stereocenters. The predicted molar refractivity (Wildman–Crippen MR) is 79.1 cm³/mol. The molecular weight excluding hydrogens is 234 g/mol. The van der Waals surface area contributed by atoms with Gasteiger partial charge in [-0.3, -0.25) is 4.68 Å². The number of hydrogen-bond donors (Lipinski definition) is 1. The highest BCUT2D eigenvalue weighted by Crippen LogP contribution is 2.06. The van der Waals surface area contributed by atoms with Crippen molar-refractivity contribution in [3.8, 4) is 0 Å². The summed E-state index contributed by atoms with van der Waals surface area (Å²) in [5, 5.41) is 7.83. The quantitative estimate of drug-likeness (QED) is 0.826. The van der Waals surface area contributed by atoms with Crippen molar-refractivity contribution < 1.29 is 0 Å². The summed E-state index contributed by atoms with van der Waals surface area (Å²) in [6.45, 7) is 3.25. The number of aromatic nitrogens is 2. The second-order valence-electron chi connectivity index (χ2n) is 5.02. The summed E-state index contributed by atoms with van der Waals surface area (Å²) in [7, 11) is 1.96. The van der Waals surface area contributed by atoms with Gasteiger partial charge in [-0.05, 0) is 36.9 Å². The molecule has 0 fully saturated rings. The molecule has 1 atom stereocenters. The van der Waals surface area contributed by atoms with E-state index in [4.69, 9.17) is 0 Å². The number of nitrogens with one attached hydrogen (secondary N) is 1. The van der Waals surface area contributed by atoms with Crippen LogP contribution >= 0.6 is 0 Å². The number of hydrogen-bond acceptors (Lipinski definition) is 2. The number of nitrogens with zero attached hydrogens (tertiary/aromatic N) is 2. The van der Waals surface area contributed by atoms with Gasteiger partial charge in [-0.2, -0.15) is 5.10 Å². The Hall–Kier alpha value is -1.61. The summed E-state index contributed by atoms with van der Waals surface area (Å²) in [6, 6.07) is 11.2. The first-order valence-electron chi connectivity index (χ1n) is 7.02. The van der Waals surface area contributed by atoms with Crippen LogP contribution in [0.1, 0.15) is 24.5 Å². The van der Waals surface area contributed by atoms with Gasteiger partial charge in [0.15, 0.2) is 0 Å². The van der Waals surface area contributed by atoms with Gasteiger partial charge in [-0.1, -0.05) is 37.3 Å². The molecule has 1 aromatic carbocycles. The molecule has 3 heteroatoms. The van der Waals surface area contributed by atoms with Crippen LogP contribution in [0.4, 0.5) is 0 Å². The molecule has 0 spiro atoms. The van der Waals surface area contributed by atoms with Crippen LogP contribution in [0.2, 0.25) is 0 Å². The highest BCUT2D eigenvalue weighted by Gasteiger charge is 2.06. The molecule has 1 heterocycles. The Labute approximate surface area is 115 Å². The van der Waals surface area contributed by atoms with Crippen molar-refractivity contribution in [2.75, 3.05) is 6.54 Å². The molecule has 1 aromatic heterocycles. The lowest BCUT2D eigenvalue weighted by Crippen LogP contribution is -2.32. The first-order chi connectivity index (χ1) is 9.28. The smallest absolute Gasteiger partial charge is 0.0522 e. The molecule has 1 N–H and O–H groups in total. The molecule has 0 radical (unpaired) electrons. The standard InChI is InChI=1S/C16H23N3/c1-3-16(11-14-7-5-4-6-8-14)17-10-9-15-12-18-19(2)13-15/h4-8,12-13,16-17H,3,9-11H2,1-2H3. The van der Waals surface area contributed by atoms with Gasteiger partial charge in [0, 0.05) is 19.3 Å². The molecular formula is C16H23N3. The third kappa shape index (κ3) is 4.52. The van der Waals surface area contributed by atoms with Gasteiger partial charge in [-0.25, -0.2) is 0 Å². The maximum absolute atomic E-state index is 4.19. The maximum Gasteiger partial charge on any atom is 0.0522 e. The highest BCUT2D eigenvalue weighted by molar-refractivity contribution is 5.15. The van der Waals surface area contributed by atoms with Gasteiger partial charge < -0.3 is 5.32 Å². The van der Waals surface area contributed by atoms with Crippen LogP contribution in [0.3, 0.4) is 0 Å². The lowest BCUT2D eigenvalue weighted by molar-refractivity contribution is 0.498. The Morgan fingerprint density at radius 3 is 2.63 bits per heavy atom. The molecule has 2 aromatic rings. The fourth-order valence-corrected chi connectivity index (χ4v) is 2.28. The van der Waals surface area contributed by atoms with E-state index >= 15 is 0 Å². The zero-order chi connectivity index (χ0) is 13.5. The topological polar surface area (TPSA) is 29.9 Å². The second-order valence-corrected chi connectivity index (χ2v) is 5.02. The van der Waals surface area contributed by atoms with Crippen LogP contribution in [-0.4, -0.2) is 22.4 Å². The van der Waals surface area contributed by atoms with Gasteiger partial charge >= 0.3 is 0 Å². The summed E-state index contributed by atoms with van der Waals surface area (Å²) in [6.07, 6.45) is 7.32. The number of benzene rings is 1. The molecule has 3 nitrogen and oxygen atoms in total. The molecule has 0 amide bonds. The van der Waals surface area contributed by atoms with Crippen LogP contribution in [-0.2, 0) is 19.9 Å². The van der Waals surface area contributed by atoms with E-state index in [0.29, 0.717) is 6.04 Å². The SMILES string of the molecule is CCC(Cc1ccccc1)NCCc1cnn(C)c1. The van der Waals surface area contributed by atoms with E-state index in [0.717, 1.165) is 25.8 Å². The van der Waals surface area contributed by atoms with Crippen LogP contribution < -0.4 is 5.32 Å². The van der Waals surface area contributed by atoms with Gasteiger partial charge in [-0.15, -0.1) is 0 Å². The van der Waals surface area contributed by atoms with E-state index in [2.05, 4.69) is 53.9 Å². The Bertz CT molecular complexity index is 476. The molecule has 0 aliphatic carbocycles. The van der Waals surface area contributed by atoms with Crippen molar-refractivity contribution in [3.63, 3.8) is 0 Å². The number of rotatable bonds is 7. The first kappa shape index (κ1) is 13.8. The van der Waals surface area contributed by atoms with Crippen molar-refractivity contribution >= 4 is 0 Å². The Morgan fingerprint density at radius 1 is 1.21 bits per heavy atom. The van der Waals surface area contributed by atoms with Crippen molar-refractivity contribution in [2.45, 2.75) is 32.2 Å². The van der Waals surface area contributed by atoms with Crippen LogP contribution in [0, 0.1) is 0 Å². The second kappa shape index (κ2) is 7.10. The van der Waals surface area contributed by atoms with Crippen molar-refractivity contribution in [1.82, 2.24) is 15.1 Å². The minimum Gasteiger partial charge on any atom is -0.313 e.